The van der Waals surface area contributed by atoms with Crippen molar-refractivity contribution in [2.75, 3.05) is 0 Å². The smallest absolute Gasteiger partial charge is 0.265 e. The highest BCUT2D eigenvalue weighted by molar-refractivity contribution is 5.67. The molecule has 0 unspecified atom stereocenters. The second kappa shape index (κ2) is 5.60. The maximum Gasteiger partial charge on any atom is 0.313 e. The largest absolute Gasteiger partial charge is 0.313 e. The summed E-state index contributed by atoms with van der Waals surface area (Å²) in [5, 5.41) is 15.0. The standard InChI is InChI=1S/C13H13FN4O2/c1-9-13(18(19)20)12(17(2)16-9)7-8-15-11-5-3-10(14)4-6-11/h3-6,8H,7H2,1-2H3. The molecule has 0 radical (unpaired) electrons. The maximum absolute atomic E-state index is 12.7. The van der Waals surface area contributed by atoms with Crippen molar-refractivity contribution in [3.8, 4) is 0 Å². The first kappa shape index (κ1) is 13.9. The number of aliphatic imine (C=N–C) groups is 1. The zero-order valence-electron chi connectivity index (χ0n) is 11.1. The SMILES string of the molecule is Cc1nn(C)c(CC=Nc2ccc(F)cc2)c1[N+](=O)[O-]. The molecule has 0 amide bonds. The molecule has 0 saturated heterocycles. The minimum Gasteiger partial charge on any atom is -0.265 e. The van der Waals surface area contributed by atoms with E-state index < -0.39 is 4.92 Å². The zero-order chi connectivity index (χ0) is 14.7. The van der Waals surface area contributed by atoms with E-state index in [9.17, 15) is 14.5 Å². The highest BCUT2D eigenvalue weighted by Crippen LogP contribution is 2.22. The van der Waals surface area contributed by atoms with Crippen molar-refractivity contribution in [1.29, 1.82) is 0 Å². The van der Waals surface area contributed by atoms with Crippen LogP contribution in [0.25, 0.3) is 0 Å². The molecule has 2 rings (SSSR count). The van der Waals surface area contributed by atoms with Gasteiger partial charge in [-0.1, -0.05) is 0 Å². The number of aryl methyl sites for hydroxylation is 2. The van der Waals surface area contributed by atoms with E-state index in [4.69, 9.17) is 0 Å². The van der Waals surface area contributed by atoms with Crippen LogP contribution in [0.5, 0.6) is 0 Å². The van der Waals surface area contributed by atoms with Crippen LogP contribution in [-0.4, -0.2) is 20.9 Å². The Balaban J connectivity index is 2.19. The van der Waals surface area contributed by atoms with Crippen LogP contribution < -0.4 is 0 Å². The predicted molar refractivity (Wildman–Crippen MR) is 72.9 cm³/mol. The highest BCUT2D eigenvalue weighted by atomic mass is 19.1. The molecule has 1 aromatic heterocycles. The lowest BCUT2D eigenvalue weighted by molar-refractivity contribution is -0.386. The van der Waals surface area contributed by atoms with E-state index in [2.05, 4.69) is 10.1 Å². The first-order valence-electron chi connectivity index (χ1n) is 5.94. The lowest BCUT2D eigenvalue weighted by atomic mass is 10.2. The van der Waals surface area contributed by atoms with Crippen molar-refractivity contribution < 1.29 is 9.31 Å². The maximum atomic E-state index is 12.7. The monoisotopic (exact) mass is 276 g/mol. The number of benzene rings is 1. The summed E-state index contributed by atoms with van der Waals surface area (Å²) in [6.45, 7) is 1.60. The molecule has 1 aromatic carbocycles. The van der Waals surface area contributed by atoms with Crippen molar-refractivity contribution >= 4 is 17.6 Å². The molecule has 0 spiro atoms. The van der Waals surface area contributed by atoms with Crippen molar-refractivity contribution in [2.45, 2.75) is 13.3 Å². The summed E-state index contributed by atoms with van der Waals surface area (Å²) in [7, 11) is 1.65. The topological polar surface area (TPSA) is 73.3 Å². The van der Waals surface area contributed by atoms with Crippen LogP contribution in [0.4, 0.5) is 15.8 Å². The van der Waals surface area contributed by atoms with Gasteiger partial charge in [0.05, 0.1) is 10.6 Å². The Hall–Kier alpha value is -2.57. The van der Waals surface area contributed by atoms with E-state index in [-0.39, 0.29) is 17.9 Å². The third-order valence-electron chi connectivity index (χ3n) is 2.84. The Bertz CT molecular complexity index is 662. The summed E-state index contributed by atoms with van der Waals surface area (Å²) in [5.41, 5.74) is 1.46. The Morgan fingerprint density at radius 1 is 1.45 bits per heavy atom. The van der Waals surface area contributed by atoms with Crippen molar-refractivity contribution in [2.24, 2.45) is 12.0 Å². The summed E-state index contributed by atoms with van der Waals surface area (Å²) in [6, 6.07) is 5.69. The highest BCUT2D eigenvalue weighted by Gasteiger charge is 2.22. The van der Waals surface area contributed by atoms with Crippen molar-refractivity contribution in [3.63, 3.8) is 0 Å². The molecule has 104 valence electrons. The van der Waals surface area contributed by atoms with E-state index in [1.54, 1.807) is 20.2 Å². The van der Waals surface area contributed by atoms with E-state index in [1.165, 1.54) is 28.9 Å². The molecule has 0 aliphatic carbocycles. The van der Waals surface area contributed by atoms with Crippen molar-refractivity contribution in [3.05, 3.63) is 51.6 Å². The summed E-state index contributed by atoms with van der Waals surface area (Å²) < 4.78 is 14.2. The van der Waals surface area contributed by atoms with Gasteiger partial charge >= 0.3 is 5.69 Å². The van der Waals surface area contributed by atoms with Gasteiger partial charge in [-0.05, 0) is 31.2 Å². The summed E-state index contributed by atoms with van der Waals surface area (Å²) in [6.07, 6.45) is 1.84. The molecular weight excluding hydrogens is 263 g/mol. The molecule has 7 heteroatoms. The summed E-state index contributed by atoms with van der Waals surface area (Å²) in [5.74, 6) is -0.332. The number of halogens is 1. The van der Waals surface area contributed by atoms with Gasteiger partial charge in [0.25, 0.3) is 0 Å². The van der Waals surface area contributed by atoms with Gasteiger partial charge in [0.15, 0.2) is 0 Å². The van der Waals surface area contributed by atoms with Crippen LogP contribution in [0, 0.1) is 22.9 Å². The lowest BCUT2D eigenvalue weighted by Crippen LogP contribution is -2.01. The van der Waals surface area contributed by atoms with Gasteiger partial charge in [-0.25, -0.2) is 4.39 Å². The average molecular weight is 276 g/mol. The number of nitro groups is 1. The average Bonchev–Trinajstić information content (AvgIpc) is 2.66. The van der Waals surface area contributed by atoms with Crippen LogP contribution in [0.15, 0.2) is 29.3 Å². The molecule has 0 atom stereocenters. The third kappa shape index (κ3) is 2.87. The normalized spacial score (nSPS) is 11.2. The number of aromatic nitrogens is 2. The first-order valence-corrected chi connectivity index (χ1v) is 5.94. The fourth-order valence-electron chi connectivity index (χ4n) is 1.93. The Labute approximate surface area is 114 Å². The predicted octanol–water partition coefficient (Wildman–Crippen LogP) is 2.72. The molecule has 0 N–H and O–H groups in total. The van der Waals surface area contributed by atoms with Gasteiger partial charge in [0.1, 0.15) is 17.2 Å². The van der Waals surface area contributed by atoms with Crippen molar-refractivity contribution in [1.82, 2.24) is 9.78 Å². The molecule has 0 bridgehead atoms. The fraction of sp³-hybridized carbons (Fsp3) is 0.231. The van der Waals surface area contributed by atoms with Gasteiger partial charge in [0.2, 0.25) is 0 Å². The van der Waals surface area contributed by atoms with E-state index in [0.29, 0.717) is 17.1 Å². The third-order valence-corrected chi connectivity index (χ3v) is 2.84. The zero-order valence-corrected chi connectivity index (χ0v) is 11.1. The Kier molecular flexibility index (Phi) is 3.88. The molecule has 0 aliphatic rings. The molecule has 20 heavy (non-hydrogen) atoms. The van der Waals surface area contributed by atoms with E-state index in [0.717, 1.165) is 0 Å². The van der Waals surface area contributed by atoms with Gasteiger partial charge in [0, 0.05) is 19.7 Å². The lowest BCUT2D eigenvalue weighted by Gasteiger charge is -1.97. The molecule has 0 aliphatic heterocycles. The number of hydrogen-bond acceptors (Lipinski definition) is 4. The van der Waals surface area contributed by atoms with Gasteiger partial charge in [-0.3, -0.25) is 19.8 Å². The summed E-state index contributed by atoms with van der Waals surface area (Å²) in [4.78, 5) is 14.7. The Morgan fingerprint density at radius 3 is 2.70 bits per heavy atom. The number of nitrogens with zero attached hydrogens (tertiary/aromatic N) is 4. The van der Waals surface area contributed by atoms with Crippen LogP contribution in [0.1, 0.15) is 11.4 Å². The second-order valence-corrected chi connectivity index (χ2v) is 4.25. The fourth-order valence-corrected chi connectivity index (χ4v) is 1.93. The van der Waals surface area contributed by atoms with Gasteiger partial charge < -0.3 is 0 Å². The quantitative estimate of drug-likeness (QED) is 0.489. The first-order chi connectivity index (χ1) is 9.49. The van der Waals surface area contributed by atoms with Crippen LogP contribution in [0.3, 0.4) is 0 Å². The minimum absolute atomic E-state index is 0.0121. The molecular formula is C13H13FN4O2. The molecule has 0 saturated carbocycles. The molecule has 6 nitrogen and oxygen atoms in total. The van der Waals surface area contributed by atoms with Gasteiger partial charge in [-0.15, -0.1) is 0 Å². The van der Waals surface area contributed by atoms with E-state index in [1.807, 2.05) is 0 Å². The summed E-state index contributed by atoms with van der Waals surface area (Å²) >= 11 is 0. The van der Waals surface area contributed by atoms with Crippen LogP contribution in [0.2, 0.25) is 0 Å². The van der Waals surface area contributed by atoms with Crippen LogP contribution in [-0.2, 0) is 13.5 Å². The molecule has 2 aromatic rings. The molecule has 0 fully saturated rings. The van der Waals surface area contributed by atoms with Gasteiger partial charge in [-0.2, -0.15) is 5.10 Å². The second-order valence-electron chi connectivity index (χ2n) is 4.25. The Morgan fingerprint density at radius 2 is 2.10 bits per heavy atom. The number of hydrogen-bond donors (Lipinski definition) is 0. The van der Waals surface area contributed by atoms with E-state index >= 15 is 0 Å². The molecule has 1 heterocycles. The number of rotatable bonds is 4. The minimum atomic E-state index is -0.441. The van der Waals surface area contributed by atoms with Crippen LogP contribution >= 0.6 is 0 Å².